The predicted octanol–water partition coefficient (Wildman–Crippen LogP) is 5.60. The zero-order chi connectivity index (χ0) is 13.4. The standard InChI is InChI=1S/C16H25F/c1-7-8-13(4)16(10-9-12(2)3)11-14(5)15(6)17/h7,9-13H,1,8H2,2-6H3/b10-9-,15-14+,16-11-. The molecule has 0 fully saturated rings. The molecular formula is C16H25F. The monoisotopic (exact) mass is 236 g/mol. The predicted molar refractivity (Wildman–Crippen MR) is 75.5 cm³/mol. The molecule has 17 heavy (non-hydrogen) atoms. The summed E-state index contributed by atoms with van der Waals surface area (Å²) in [5.74, 6) is 0.758. The van der Waals surface area contributed by atoms with Crippen LogP contribution in [0.1, 0.15) is 41.0 Å². The SMILES string of the molecule is C=CCC(C)C(/C=C\C(C)C)=C\C(C)=C(/C)F. The summed E-state index contributed by atoms with van der Waals surface area (Å²) in [6.07, 6.45) is 9.00. The molecule has 0 aliphatic heterocycles. The third kappa shape index (κ3) is 6.93. The van der Waals surface area contributed by atoms with Crippen molar-refractivity contribution in [2.75, 3.05) is 0 Å². The normalized spacial score (nSPS) is 16.3. The topological polar surface area (TPSA) is 0 Å². The van der Waals surface area contributed by atoms with Crippen LogP contribution in [0.25, 0.3) is 0 Å². The van der Waals surface area contributed by atoms with Gasteiger partial charge in [0.15, 0.2) is 0 Å². The molecule has 0 bridgehead atoms. The maximum absolute atomic E-state index is 13.1. The Kier molecular flexibility index (Phi) is 7.53. The molecule has 1 heteroatoms. The second-order valence-corrected chi connectivity index (χ2v) is 4.89. The number of allylic oxidation sites excluding steroid dienone is 7. The first-order valence-corrected chi connectivity index (χ1v) is 6.22. The lowest BCUT2D eigenvalue weighted by molar-refractivity contribution is 0.630. The van der Waals surface area contributed by atoms with Gasteiger partial charge in [-0.15, -0.1) is 6.58 Å². The molecular weight excluding hydrogens is 211 g/mol. The number of hydrogen-bond donors (Lipinski definition) is 0. The van der Waals surface area contributed by atoms with Crippen molar-refractivity contribution < 1.29 is 4.39 Å². The van der Waals surface area contributed by atoms with Crippen LogP contribution in [0.2, 0.25) is 0 Å². The first kappa shape index (κ1) is 15.9. The summed E-state index contributed by atoms with van der Waals surface area (Å²) in [4.78, 5) is 0. The molecule has 96 valence electrons. The first-order chi connectivity index (χ1) is 7.88. The molecule has 0 amide bonds. The summed E-state index contributed by atoms with van der Waals surface area (Å²) < 4.78 is 13.1. The molecule has 0 spiro atoms. The highest BCUT2D eigenvalue weighted by Crippen LogP contribution is 2.20. The minimum atomic E-state index is -0.119. The Morgan fingerprint density at radius 2 is 1.82 bits per heavy atom. The maximum atomic E-state index is 13.1. The van der Waals surface area contributed by atoms with Gasteiger partial charge in [0.2, 0.25) is 0 Å². The Labute approximate surface area is 106 Å². The van der Waals surface area contributed by atoms with Crippen LogP contribution in [0, 0.1) is 11.8 Å². The molecule has 0 radical (unpaired) electrons. The minimum absolute atomic E-state index is 0.119. The van der Waals surface area contributed by atoms with Crippen LogP contribution in [0.5, 0.6) is 0 Å². The molecule has 0 saturated heterocycles. The van der Waals surface area contributed by atoms with E-state index < -0.39 is 0 Å². The van der Waals surface area contributed by atoms with Crippen LogP contribution in [-0.2, 0) is 0 Å². The highest BCUT2D eigenvalue weighted by atomic mass is 19.1. The summed E-state index contributed by atoms with van der Waals surface area (Å²) in [6, 6.07) is 0. The first-order valence-electron chi connectivity index (χ1n) is 6.22. The van der Waals surface area contributed by atoms with E-state index in [1.54, 1.807) is 6.92 Å². The Morgan fingerprint density at radius 3 is 2.24 bits per heavy atom. The molecule has 0 N–H and O–H groups in total. The third-order valence-corrected chi connectivity index (χ3v) is 2.69. The van der Waals surface area contributed by atoms with Crippen molar-refractivity contribution in [1.82, 2.24) is 0 Å². The molecule has 0 aliphatic rings. The van der Waals surface area contributed by atoms with E-state index in [0.29, 0.717) is 17.4 Å². The maximum Gasteiger partial charge on any atom is 0.0997 e. The van der Waals surface area contributed by atoms with Crippen molar-refractivity contribution in [1.29, 1.82) is 0 Å². The zero-order valence-corrected chi connectivity index (χ0v) is 11.8. The number of rotatable bonds is 6. The van der Waals surface area contributed by atoms with Crippen LogP contribution < -0.4 is 0 Å². The van der Waals surface area contributed by atoms with Gasteiger partial charge in [-0.1, -0.05) is 45.1 Å². The summed E-state index contributed by atoms with van der Waals surface area (Å²) in [6.45, 7) is 13.5. The van der Waals surface area contributed by atoms with Crippen molar-refractivity contribution in [3.8, 4) is 0 Å². The Morgan fingerprint density at radius 1 is 1.24 bits per heavy atom. The second-order valence-electron chi connectivity index (χ2n) is 4.89. The molecule has 1 unspecified atom stereocenters. The fourth-order valence-corrected chi connectivity index (χ4v) is 1.39. The smallest absolute Gasteiger partial charge is 0.0997 e. The number of hydrogen-bond acceptors (Lipinski definition) is 0. The van der Waals surface area contributed by atoms with Crippen LogP contribution in [-0.4, -0.2) is 0 Å². The zero-order valence-electron chi connectivity index (χ0n) is 11.8. The second kappa shape index (κ2) is 8.05. The van der Waals surface area contributed by atoms with E-state index in [0.717, 1.165) is 12.0 Å². The van der Waals surface area contributed by atoms with Crippen LogP contribution in [0.3, 0.4) is 0 Å². The minimum Gasteiger partial charge on any atom is -0.212 e. The summed E-state index contributed by atoms with van der Waals surface area (Å²) in [7, 11) is 0. The third-order valence-electron chi connectivity index (χ3n) is 2.69. The van der Waals surface area contributed by atoms with Gasteiger partial charge in [0, 0.05) is 0 Å². The number of halogens is 1. The molecule has 0 rings (SSSR count). The molecule has 1 atom stereocenters. The van der Waals surface area contributed by atoms with Gasteiger partial charge in [0.1, 0.15) is 0 Å². The van der Waals surface area contributed by atoms with Gasteiger partial charge in [-0.25, -0.2) is 4.39 Å². The molecule has 0 aromatic carbocycles. The van der Waals surface area contributed by atoms with Crippen molar-refractivity contribution in [2.24, 2.45) is 11.8 Å². The van der Waals surface area contributed by atoms with E-state index in [2.05, 4.69) is 39.5 Å². The van der Waals surface area contributed by atoms with Gasteiger partial charge < -0.3 is 0 Å². The van der Waals surface area contributed by atoms with Gasteiger partial charge in [-0.05, 0) is 43.3 Å². The van der Waals surface area contributed by atoms with E-state index in [-0.39, 0.29) is 5.83 Å². The molecule has 0 aromatic heterocycles. The van der Waals surface area contributed by atoms with Crippen molar-refractivity contribution in [2.45, 2.75) is 41.0 Å². The Balaban J connectivity index is 5.10. The van der Waals surface area contributed by atoms with Crippen molar-refractivity contribution in [3.05, 3.63) is 47.9 Å². The van der Waals surface area contributed by atoms with Crippen molar-refractivity contribution >= 4 is 0 Å². The van der Waals surface area contributed by atoms with Gasteiger partial charge >= 0.3 is 0 Å². The quantitative estimate of drug-likeness (QED) is 0.416. The van der Waals surface area contributed by atoms with Crippen LogP contribution in [0.15, 0.2) is 47.9 Å². The van der Waals surface area contributed by atoms with Gasteiger partial charge in [-0.3, -0.25) is 0 Å². The molecule has 0 heterocycles. The summed E-state index contributed by atoms with van der Waals surface area (Å²) in [5, 5.41) is 0. The fraction of sp³-hybridized carbons (Fsp3) is 0.500. The average Bonchev–Trinajstić information content (AvgIpc) is 2.23. The molecule has 0 aliphatic carbocycles. The average molecular weight is 236 g/mol. The molecule has 0 aromatic rings. The van der Waals surface area contributed by atoms with Crippen LogP contribution in [0.4, 0.5) is 4.39 Å². The van der Waals surface area contributed by atoms with E-state index in [1.165, 1.54) is 6.92 Å². The van der Waals surface area contributed by atoms with Crippen LogP contribution >= 0.6 is 0 Å². The Bertz CT molecular complexity index is 325. The van der Waals surface area contributed by atoms with E-state index in [9.17, 15) is 4.39 Å². The lowest BCUT2D eigenvalue weighted by Crippen LogP contribution is -1.97. The summed E-state index contributed by atoms with van der Waals surface area (Å²) >= 11 is 0. The van der Waals surface area contributed by atoms with E-state index in [4.69, 9.17) is 0 Å². The lowest BCUT2D eigenvalue weighted by Gasteiger charge is -2.11. The van der Waals surface area contributed by atoms with Gasteiger partial charge in [-0.2, -0.15) is 0 Å². The molecule has 0 nitrogen and oxygen atoms in total. The van der Waals surface area contributed by atoms with Crippen molar-refractivity contribution in [3.63, 3.8) is 0 Å². The van der Waals surface area contributed by atoms with E-state index in [1.807, 2.05) is 12.2 Å². The van der Waals surface area contributed by atoms with Gasteiger partial charge in [0.05, 0.1) is 5.83 Å². The highest BCUT2D eigenvalue weighted by molar-refractivity contribution is 5.32. The Hall–Kier alpha value is -1.11. The largest absolute Gasteiger partial charge is 0.212 e. The highest BCUT2D eigenvalue weighted by Gasteiger charge is 2.05. The fourth-order valence-electron chi connectivity index (χ4n) is 1.39. The van der Waals surface area contributed by atoms with Gasteiger partial charge in [0.25, 0.3) is 0 Å². The van der Waals surface area contributed by atoms with E-state index >= 15 is 0 Å². The summed E-state index contributed by atoms with van der Waals surface area (Å²) in [5.41, 5.74) is 1.86. The lowest BCUT2D eigenvalue weighted by atomic mass is 9.94. The molecule has 0 saturated carbocycles.